The molecule has 0 amide bonds. The number of imidazole rings is 1. The molecule has 22 heavy (non-hydrogen) atoms. The van der Waals surface area contributed by atoms with Crippen LogP contribution in [0, 0.1) is 5.82 Å². The summed E-state index contributed by atoms with van der Waals surface area (Å²) in [5.41, 5.74) is 7.56. The molecule has 0 fully saturated rings. The number of nitrogen functional groups attached to an aromatic ring is 1. The predicted octanol–water partition coefficient (Wildman–Crippen LogP) is 2.40. The van der Waals surface area contributed by atoms with E-state index in [1.54, 1.807) is 0 Å². The number of nitrogens with zero attached hydrogens (tertiary/aromatic N) is 4. The highest BCUT2D eigenvalue weighted by atomic mass is 35.5. The van der Waals surface area contributed by atoms with Crippen LogP contribution >= 0.6 is 11.6 Å². The molecule has 1 aliphatic rings. The standard InChI is InChI=1S/C14H11ClFN5O/c15-8-5-18-14(17)20-12(8)7-3-9(16)13-10(4-7)21-1-2-22-6-11(21)19-13/h3-5H,1-2,6H2,(H2,17,18,20). The maximum absolute atomic E-state index is 14.4. The molecular weight excluding hydrogens is 309 g/mol. The average Bonchev–Trinajstić information content (AvgIpc) is 2.89. The number of rotatable bonds is 1. The van der Waals surface area contributed by atoms with Crippen LogP contribution in [0.4, 0.5) is 10.3 Å². The minimum atomic E-state index is -0.428. The second-order valence-electron chi connectivity index (χ2n) is 4.98. The summed E-state index contributed by atoms with van der Waals surface area (Å²) < 4.78 is 21.7. The lowest BCUT2D eigenvalue weighted by molar-refractivity contribution is 0.0830. The van der Waals surface area contributed by atoms with E-state index in [1.165, 1.54) is 12.3 Å². The van der Waals surface area contributed by atoms with E-state index in [9.17, 15) is 4.39 Å². The van der Waals surface area contributed by atoms with E-state index >= 15 is 0 Å². The summed E-state index contributed by atoms with van der Waals surface area (Å²) in [5, 5.41) is 0.315. The number of halogens is 2. The number of fused-ring (bicyclic) bond motifs is 3. The highest BCUT2D eigenvalue weighted by Gasteiger charge is 2.19. The van der Waals surface area contributed by atoms with Crippen LogP contribution in [-0.2, 0) is 17.9 Å². The molecule has 0 unspecified atom stereocenters. The van der Waals surface area contributed by atoms with Crippen molar-refractivity contribution in [1.82, 2.24) is 19.5 Å². The van der Waals surface area contributed by atoms with Crippen LogP contribution in [0.5, 0.6) is 0 Å². The van der Waals surface area contributed by atoms with Gasteiger partial charge >= 0.3 is 0 Å². The van der Waals surface area contributed by atoms with Gasteiger partial charge in [0.1, 0.15) is 17.9 Å². The van der Waals surface area contributed by atoms with E-state index < -0.39 is 5.82 Å². The van der Waals surface area contributed by atoms with Crippen molar-refractivity contribution >= 4 is 28.6 Å². The van der Waals surface area contributed by atoms with Crippen molar-refractivity contribution in [3.05, 3.63) is 35.0 Å². The summed E-state index contributed by atoms with van der Waals surface area (Å²) in [6.07, 6.45) is 1.40. The molecule has 0 bridgehead atoms. The third-order valence-corrected chi connectivity index (χ3v) is 3.89. The Morgan fingerprint density at radius 1 is 1.32 bits per heavy atom. The number of hydrogen-bond donors (Lipinski definition) is 1. The van der Waals surface area contributed by atoms with Gasteiger partial charge in [-0.1, -0.05) is 11.6 Å². The summed E-state index contributed by atoms with van der Waals surface area (Å²) in [7, 11) is 0. The lowest BCUT2D eigenvalue weighted by Gasteiger charge is -2.15. The maximum Gasteiger partial charge on any atom is 0.220 e. The molecule has 1 aliphatic heterocycles. The Kier molecular flexibility index (Phi) is 2.98. The monoisotopic (exact) mass is 319 g/mol. The number of ether oxygens (including phenoxy) is 1. The topological polar surface area (TPSA) is 78.8 Å². The molecule has 0 radical (unpaired) electrons. The van der Waals surface area contributed by atoms with E-state index in [0.717, 1.165) is 0 Å². The Hall–Kier alpha value is -2.25. The normalized spacial score (nSPS) is 14.3. The fourth-order valence-electron chi connectivity index (χ4n) is 2.63. The molecule has 0 spiro atoms. The SMILES string of the molecule is Nc1ncc(Cl)c(-c2cc(F)c3nc4n(c3c2)CCOC4)n1. The molecule has 8 heteroatoms. The lowest BCUT2D eigenvalue weighted by atomic mass is 10.1. The van der Waals surface area contributed by atoms with E-state index in [-0.39, 0.29) is 5.95 Å². The summed E-state index contributed by atoms with van der Waals surface area (Å²) >= 11 is 6.11. The van der Waals surface area contributed by atoms with Gasteiger partial charge < -0.3 is 15.0 Å². The Morgan fingerprint density at radius 3 is 3.05 bits per heavy atom. The van der Waals surface area contributed by atoms with Crippen molar-refractivity contribution in [3.8, 4) is 11.3 Å². The Balaban J connectivity index is 1.98. The van der Waals surface area contributed by atoms with Gasteiger partial charge in [-0.3, -0.25) is 0 Å². The summed E-state index contributed by atoms with van der Waals surface area (Å²) in [4.78, 5) is 12.2. The molecule has 0 saturated heterocycles. The zero-order chi connectivity index (χ0) is 15.3. The highest BCUT2D eigenvalue weighted by Crippen LogP contribution is 2.31. The third kappa shape index (κ3) is 2.01. The molecule has 0 aliphatic carbocycles. The minimum absolute atomic E-state index is 0.0867. The van der Waals surface area contributed by atoms with Gasteiger partial charge in [-0.25, -0.2) is 19.3 Å². The number of nitrogens with two attached hydrogens (primary N) is 1. The molecule has 0 atom stereocenters. The molecule has 4 rings (SSSR count). The van der Waals surface area contributed by atoms with Gasteiger partial charge in [0, 0.05) is 12.1 Å². The van der Waals surface area contributed by atoms with Crippen LogP contribution in [0.15, 0.2) is 18.3 Å². The predicted molar refractivity (Wildman–Crippen MR) is 79.8 cm³/mol. The molecule has 3 aromatic rings. The second kappa shape index (κ2) is 4.89. The largest absolute Gasteiger partial charge is 0.372 e. The van der Waals surface area contributed by atoms with Crippen LogP contribution < -0.4 is 5.73 Å². The Labute approximate surface area is 129 Å². The fraction of sp³-hybridized carbons (Fsp3) is 0.214. The van der Waals surface area contributed by atoms with Crippen molar-refractivity contribution in [1.29, 1.82) is 0 Å². The van der Waals surface area contributed by atoms with E-state index in [1.807, 2.05) is 10.6 Å². The minimum Gasteiger partial charge on any atom is -0.372 e. The van der Waals surface area contributed by atoms with Crippen molar-refractivity contribution in [2.45, 2.75) is 13.2 Å². The van der Waals surface area contributed by atoms with Gasteiger partial charge in [0.2, 0.25) is 5.95 Å². The number of hydrogen-bond acceptors (Lipinski definition) is 5. The van der Waals surface area contributed by atoms with Gasteiger partial charge in [0.05, 0.1) is 29.0 Å². The van der Waals surface area contributed by atoms with Crippen molar-refractivity contribution in [2.75, 3.05) is 12.3 Å². The van der Waals surface area contributed by atoms with Gasteiger partial charge in [-0.05, 0) is 12.1 Å². The first-order chi connectivity index (χ1) is 10.6. The van der Waals surface area contributed by atoms with E-state index in [4.69, 9.17) is 22.1 Å². The molecule has 6 nitrogen and oxygen atoms in total. The van der Waals surface area contributed by atoms with Gasteiger partial charge in [0.15, 0.2) is 5.82 Å². The van der Waals surface area contributed by atoms with Crippen molar-refractivity contribution in [3.63, 3.8) is 0 Å². The van der Waals surface area contributed by atoms with Gasteiger partial charge in [0.25, 0.3) is 0 Å². The zero-order valence-electron chi connectivity index (χ0n) is 11.4. The van der Waals surface area contributed by atoms with Gasteiger partial charge in [-0.2, -0.15) is 0 Å². The molecule has 112 valence electrons. The third-order valence-electron chi connectivity index (χ3n) is 3.61. The fourth-order valence-corrected chi connectivity index (χ4v) is 2.83. The van der Waals surface area contributed by atoms with Crippen molar-refractivity contribution < 1.29 is 9.13 Å². The number of benzene rings is 1. The number of anilines is 1. The lowest BCUT2D eigenvalue weighted by Crippen LogP contribution is -2.16. The van der Waals surface area contributed by atoms with Crippen LogP contribution in [0.1, 0.15) is 5.82 Å². The average molecular weight is 320 g/mol. The summed E-state index contributed by atoms with van der Waals surface area (Å²) in [5.74, 6) is 0.372. The molecule has 0 saturated carbocycles. The van der Waals surface area contributed by atoms with E-state index in [2.05, 4.69) is 15.0 Å². The Morgan fingerprint density at radius 2 is 2.18 bits per heavy atom. The molecule has 2 aromatic heterocycles. The maximum atomic E-state index is 14.4. The van der Waals surface area contributed by atoms with Crippen LogP contribution in [0.2, 0.25) is 5.02 Å². The second-order valence-corrected chi connectivity index (χ2v) is 5.39. The summed E-state index contributed by atoms with van der Waals surface area (Å²) in [6.45, 7) is 1.59. The molecule has 1 aromatic carbocycles. The van der Waals surface area contributed by atoms with Crippen molar-refractivity contribution in [2.24, 2.45) is 0 Å². The van der Waals surface area contributed by atoms with E-state index in [0.29, 0.717) is 52.9 Å². The molecule has 3 heterocycles. The van der Waals surface area contributed by atoms with Crippen LogP contribution in [-0.4, -0.2) is 26.1 Å². The summed E-state index contributed by atoms with van der Waals surface area (Å²) in [6, 6.07) is 3.17. The Bertz CT molecular complexity index is 895. The smallest absolute Gasteiger partial charge is 0.220 e. The highest BCUT2D eigenvalue weighted by molar-refractivity contribution is 6.33. The first-order valence-electron chi connectivity index (χ1n) is 6.68. The molecule has 2 N–H and O–H groups in total. The number of aromatic nitrogens is 4. The van der Waals surface area contributed by atoms with Crippen LogP contribution in [0.25, 0.3) is 22.3 Å². The van der Waals surface area contributed by atoms with Gasteiger partial charge in [-0.15, -0.1) is 0 Å². The quantitative estimate of drug-likeness (QED) is 0.745. The molecular formula is C14H11ClFN5O. The first kappa shape index (κ1) is 13.4. The first-order valence-corrected chi connectivity index (χ1v) is 7.06. The van der Waals surface area contributed by atoms with Crippen LogP contribution in [0.3, 0.4) is 0 Å². The zero-order valence-corrected chi connectivity index (χ0v) is 12.1.